The van der Waals surface area contributed by atoms with Gasteiger partial charge in [-0.15, -0.1) is 5.10 Å². The van der Waals surface area contributed by atoms with Gasteiger partial charge in [0.2, 0.25) is 5.91 Å². The van der Waals surface area contributed by atoms with Crippen LogP contribution in [-0.4, -0.2) is 30.7 Å². The normalized spacial score (nSPS) is 13.0. The first kappa shape index (κ1) is 21.4. The lowest BCUT2D eigenvalue weighted by molar-refractivity contribution is -0.137. The second-order valence-electron chi connectivity index (χ2n) is 6.74. The van der Waals surface area contributed by atoms with Crippen LogP contribution in [0.4, 0.5) is 18.9 Å². The van der Waals surface area contributed by atoms with E-state index in [1.807, 2.05) is 24.3 Å². The van der Waals surface area contributed by atoms with Crippen LogP contribution in [0.2, 0.25) is 5.02 Å². The maximum absolute atomic E-state index is 13.3. The Bertz CT molecular complexity index is 1310. The van der Waals surface area contributed by atoms with Gasteiger partial charge in [0.15, 0.2) is 10.8 Å². The molecule has 0 aliphatic rings. The van der Waals surface area contributed by atoms with Crippen molar-refractivity contribution in [3.05, 3.63) is 58.9 Å². The van der Waals surface area contributed by atoms with Gasteiger partial charge in [0.25, 0.3) is 0 Å². The quantitative estimate of drug-likeness (QED) is 0.324. The van der Waals surface area contributed by atoms with Crippen molar-refractivity contribution in [2.24, 2.45) is 0 Å². The molecule has 31 heavy (non-hydrogen) atoms. The molecule has 6 nitrogen and oxygen atoms in total. The van der Waals surface area contributed by atoms with Gasteiger partial charge in [-0.25, -0.2) is 9.97 Å². The fourth-order valence-electron chi connectivity index (χ4n) is 3.02. The third kappa shape index (κ3) is 4.31. The smallest absolute Gasteiger partial charge is 0.325 e. The Morgan fingerprint density at radius 3 is 2.68 bits per heavy atom. The van der Waals surface area contributed by atoms with Gasteiger partial charge in [-0.3, -0.25) is 4.79 Å². The van der Waals surface area contributed by atoms with Crippen LogP contribution >= 0.6 is 23.4 Å². The summed E-state index contributed by atoms with van der Waals surface area (Å²) in [5.41, 5.74) is -0.101. The van der Waals surface area contributed by atoms with Gasteiger partial charge in [-0.2, -0.15) is 17.7 Å². The van der Waals surface area contributed by atoms with Crippen LogP contribution in [0.3, 0.4) is 0 Å². The van der Waals surface area contributed by atoms with Crippen molar-refractivity contribution in [1.82, 2.24) is 19.6 Å². The topological polar surface area (TPSA) is 72.2 Å². The highest BCUT2D eigenvalue weighted by Gasteiger charge is 2.34. The molecule has 1 N–H and O–H groups in total. The van der Waals surface area contributed by atoms with Gasteiger partial charge in [-0.05, 0) is 44.2 Å². The van der Waals surface area contributed by atoms with E-state index in [0.29, 0.717) is 22.1 Å². The molecule has 4 aromatic rings. The molecule has 0 radical (unpaired) electrons. The number of benzene rings is 2. The number of para-hydroxylation sites is 1. The summed E-state index contributed by atoms with van der Waals surface area (Å²) >= 11 is 6.77. The SMILES string of the molecule is Cc1nc2c3ccccc3nc(SC(C)C(=O)Nc3ccc(Cl)cc3C(F)(F)F)n2n1. The Labute approximate surface area is 183 Å². The monoisotopic (exact) mass is 465 g/mol. The number of nitrogens with one attached hydrogen (secondary N) is 1. The van der Waals surface area contributed by atoms with E-state index in [2.05, 4.69) is 20.4 Å². The molecule has 1 atom stereocenters. The standard InChI is InChI=1S/C20H15ClF3N5OS/c1-10(18(30)26-16-8-7-12(21)9-14(16)20(22,23)24)31-19-27-15-6-4-3-5-13(15)17-25-11(2)28-29(17)19/h3-10H,1-2H3,(H,26,30). The molecular formula is C20H15ClF3N5OS. The summed E-state index contributed by atoms with van der Waals surface area (Å²) in [5, 5.41) is 7.06. The van der Waals surface area contributed by atoms with Crippen LogP contribution < -0.4 is 5.32 Å². The van der Waals surface area contributed by atoms with Gasteiger partial charge in [-0.1, -0.05) is 35.5 Å². The van der Waals surface area contributed by atoms with E-state index in [-0.39, 0.29) is 10.7 Å². The summed E-state index contributed by atoms with van der Waals surface area (Å²) in [6, 6.07) is 10.6. The second kappa shape index (κ2) is 8.01. The lowest BCUT2D eigenvalue weighted by Gasteiger charge is -2.16. The summed E-state index contributed by atoms with van der Waals surface area (Å²) < 4.78 is 41.5. The number of hydrogen-bond acceptors (Lipinski definition) is 5. The summed E-state index contributed by atoms with van der Waals surface area (Å²) in [6.07, 6.45) is -4.66. The fraction of sp³-hybridized carbons (Fsp3) is 0.200. The zero-order valence-corrected chi connectivity index (χ0v) is 17.8. The van der Waals surface area contributed by atoms with Gasteiger partial charge in [0.1, 0.15) is 5.82 Å². The van der Waals surface area contributed by atoms with Crippen molar-refractivity contribution >= 4 is 51.5 Å². The third-order valence-corrected chi connectivity index (χ3v) is 5.73. The molecule has 0 aliphatic heterocycles. The van der Waals surface area contributed by atoms with E-state index in [1.165, 1.54) is 10.6 Å². The molecule has 160 valence electrons. The molecule has 2 aromatic carbocycles. The Hall–Kier alpha value is -2.85. The predicted molar refractivity (Wildman–Crippen MR) is 113 cm³/mol. The third-order valence-electron chi connectivity index (χ3n) is 4.45. The number of aryl methyl sites for hydroxylation is 1. The average molecular weight is 466 g/mol. The molecule has 0 fully saturated rings. The molecule has 0 saturated heterocycles. The van der Waals surface area contributed by atoms with Gasteiger partial charge in [0, 0.05) is 10.4 Å². The molecule has 1 amide bonds. The maximum Gasteiger partial charge on any atom is 0.418 e. The van der Waals surface area contributed by atoms with E-state index in [0.717, 1.165) is 29.3 Å². The minimum Gasteiger partial charge on any atom is -0.325 e. The highest BCUT2D eigenvalue weighted by molar-refractivity contribution is 8.00. The van der Waals surface area contributed by atoms with Crippen molar-refractivity contribution in [3.63, 3.8) is 0 Å². The number of amides is 1. The minimum atomic E-state index is -4.66. The van der Waals surface area contributed by atoms with Gasteiger partial charge < -0.3 is 5.32 Å². The van der Waals surface area contributed by atoms with Crippen LogP contribution in [0.15, 0.2) is 47.6 Å². The van der Waals surface area contributed by atoms with Crippen molar-refractivity contribution in [1.29, 1.82) is 0 Å². The number of nitrogens with zero attached hydrogens (tertiary/aromatic N) is 4. The van der Waals surface area contributed by atoms with Crippen molar-refractivity contribution in [3.8, 4) is 0 Å². The Balaban J connectivity index is 1.64. The molecule has 11 heteroatoms. The summed E-state index contributed by atoms with van der Waals surface area (Å²) in [5.74, 6) is -0.0779. The average Bonchev–Trinajstić information content (AvgIpc) is 3.10. The first-order chi connectivity index (χ1) is 14.6. The molecule has 0 aliphatic carbocycles. The minimum absolute atomic E-state index is 0.0722. The number of aromatic nitrogens is 4. The number of fused-ring (bicyclic) bond motifs is 3. The molecule has 4 rings (SSSR count). The van der Waals surface area contributed by atoms with Crippen LogP contribution in [0.5, 0.6) is 0 Å². The number of carbonyl (C=O) groups excluding carboxylic acids is 1. The maximum atomic E-state index is 13.3. The summed E-state index contributed by atoms with van der Waals surface area (Å²) in [7, 11) is 0. The van der Waals surface area contributed by atoms with E-state index in [9.17, 15) is 18.0 Å². The molecule has 0 saturated carbocycles. The molecule has 1 unspecified atom stereocenters. The predicted octanol–water partition coefficient (Wildman–Crippen LogP) is 5.38. The molecule has 2 aromatic heterocycles. The van der Waals surface area contributed by atoms with Crippen molar-refractivity contribution in [2.75, 3.05) is 5.32 Å². The Morgan fingerprint density at radius 1 is 1.19 bits per heavy atom. The van der Waals surface area contributed by atoms with E-state index < -0.39 is 22.9 Å². The Kier molecular flexibility index (Phi) is 5.52. The molecular weight excluding hydrogens is 451 g/mol. The van der Waals surface area contributed by atoms with E-state index in [4.69, 9.17) is 11.6 Å². The fourth-order valence-corrected chi connectivity index (χ4v) is 4.05. The first-order valence-electron chi connectivity index (χ1n) is 9.10. The number of anilines is 1. The molecule has 0 bridgehead atoms. The first-order valence-corrected chi connectivity index (χ1v) is 10.4. The van der Waals surface area contributed by atoms with E-state index in [1.54, 1.807) is 13.8 Å². The second-order valence-corrected chi connectivity index (χ2v) is 8.49. The number of alkyl halides is 3. The highest BCUT2D eigenvalue weighted by atomic mass is 35.5. The molecule has 2 heterocycles. The Morgan fingerprint density at radius 2 is 1.94 bits per heavy atom. The zero-order chi connectivity index (χ0) is 22.3. The highest BCUT2D eigenvalue weighted by Crippen LogP contribution is 2.37. The lowest BCUT2D eigenvalue weighted by atomic mass is 10.1. The largest absolute Gasteiger partial charge is 0.418 e. The van der Waals surface area contributed by atoms with Gasteiger partial charge in [0.05, 0.1) is 22.0 Å². The molecule has 0 spiro atoms. The van der Waals surface area contributed by atoms with E-state index >= 15 is 0 Å². The van der Waals surface area contributed by atoms with Gasteiger partial charge >= 0.3 is 6.18 Å². The van der Waals surface area contributed by atoms with Crippen LogP contribution in [0.1, 0.15) is 18.3 Å². The number of halogens is 4. The van der Waals surface area contributed by atoms with Crippen LogP contribution in [0.25, 0.3) is 16.6 Å². The van der Waals surface area contributed by atoms with Crippen molar-refractivity contribution < 1.29 is 18.0 Å². The van der Waals surface area contributed by atoms with Crippen molar-refractivity contribution in [2.45, 2.75) is 30.4 Å². The zero-order valence-electron chi connectivity index (χ0n) is 16.2. The van der Waals surface area contributed by atoms with Crippen LogP contribution in [-0.2, 0) is 11.0 Å². The number of thioether (sulfide) groups is 1. The number of rotatable bonds is 4. The number of carbonyl (C=O) groups is 1. The van der Waals surface area contributed by atoms with Crippen LogP contribution in [0, 0.1) is 6.92 Å². The lowest BCUT2D eigenvalue weighted by Crippen LogP contribution is -2.24. The summed E-state index contributed by atoms with van der Waals surface area (Å²) in [4.78, 5) is 21.7. The summed E-state index contributed by atoms with van der Waals surface area (Å²) in [6.45, 7) is 3.32. The number of hydrogen-bond donors (Lipinski definition) is 1.